The summed E-state index contributed by atoms with van der Waals surface area (Å²) in [4.78, 5) is 0. The Morgan fingerprint density at radius 1 is 0.833 bits per heavy atom. The van der Waals surface area contributed by atoms with E-state index in [4.69, 9.17) is 0 Å². The lowest BCUT2D eigenvalue weighted by atomic mass is 9.93. The van der Waals surface area contributed by atoms with Gasteiger partial charge >= 0.3 is 0 Å². The van der Waals surface area contributed by atoms with Crippen molar-refractivity contribution in [1.82, 2.24) is 0 Å². The maximum absolute atomic E-state index is 13.5. The molecule has 0 nitrogen and oxygen atoms in total. The Bertz CT molecular complexity index is 844. The van der Waals surface area contributed by atoms with Gasteiger partial charge in [0.05, 0.1) is 0 Å². The van der Waals surface area contributed by atoms with Crippen LogP contribution >= 0.6 is 0 Å². The third-order valence-corrected chi connectivity index (χ3v) is 5.43. The van der Waals surface area contributed by atoms with Crippen LogP contribution in [0.5, 0.6) is 0 Å². The topological polar surface area (TPSA) is 0 Å². The molecule has 0 amide bonds. The second-order valence-electron chi connectivity index (χ2n) is 7.05. The summed E-state index contributed by atoms with van der Waals surface area (Å²) in [6, 6.07) is 19.9. The first-order chi connectivity index (χ1) is 11.8. The lowest BCUT2D eigenvalue weighted by Crippen LogP contribution is -1.97. The Morgan fingerprint density at radius 3 is 2.46 bits per heavy atom. The van der Waals surface area contributed by atoms with Crippen LogP contribution in [-0.4, -0.2) is 0 Å². The largest absolute Gasteiger partial charge is 0.207 e. The fraction of sp³-hybridized carbons (Fsp3) is 0.304. The Hall–Kier alpha value is -2.15. The standard InChI is InChI=1S/C23H23F/c24-22-10-4-8-19(16-22)20-13-14-23-18(7-3-9-21(23)15-20)12-11-17-5-1-2-6-17/h3-4,7-10,13-17H,1-2,5-6,11-12H2. The molecule has 1 saturated carbocycles. The molecule has 0 aromatic heterocycles. The van der Waals surface area contributed by atoms with Gasteiger partial charge in [-0.15, -0.1) is 0 Å². The first-order valence-corrected chi connectivity index (χ1v) is 9.07. The highest BCUT2D eigenvalue weighted by atomic mass is 19.1. The molecule has 0 saturated heterocycles. The molecule has 0 atom stereocenters. The molecule has 4 rings (SSSR count). The van der Waals surface area contributed by atoms with Gasteiger partial charge in [-0.05, 0) is 64.4 Å². The number of halogens is 1. The zero-order chi connectivity index (χ0) is 16.4. The van der Waals surface area contributed by atoms with Crippen LogP contribution in [0.3, 0.4) is 0 Å². The van der Waals surface area contributed by atoms with Gasteiger partial charge < -0.3 is 0 Å². The lowest BCUT2D eigenvalue weighted by molar-refractivity contribution is 0.504. The van der Waals surface area contributed by atoms with Crippen molar-refractivity contribution in [3.8, 4) is 11.1 Å². The van der Waals surface area contributed by atoms with Gasteiger partial charge in [-0.25, -0.2) is 4.39 Å². The lowest BCUT2D eigenvalue weighted by Gasteiger charge is -2.12. The summed E-state index contributed by atoms with van der Waals surface area (Å²) in [6.07, 6.45) is 8.13. The molecule has 1 fully saturated rings. The zero-order valence-corrected chi connectivity index (χ0v) is 14.0. The average Bonchev–Trinajstić information content (AvgIpc) is 3.13. The van der Waals surface area contributed by atoms with Crippen molar-refractivity contribution in [2.45, 2.75) is 38.5 Å². The van der Waals surface area contributed by atoms with Gasteiger partial charge in [0, 0.05) is 0 Å². The van der Waals surface area contributed by atoms with Crippen molar-refractivity contribution in [1.29, 1.82) is 0 Å². The molecule has 0 aliphatic heterocycles. The minimum Gasteiger partial charge on any atom is -0.207 e. The monoisotopic (exact) mass is 318 g/mol. The number of benzene rings is 3. The van der Waals surface area contributed by atoms with Crippen LogP contribution in [-0.2, 0) is 6.42 Å². The van der Waals surface area contributed by atoms with E-state index in [0.29, 0.717) is 0 Å². The highest BCUT2D eigenvalue weighted by Gasteiger charge is 2.15. The van der Waals surface area contributed by atoms with Crippen LogP contribution in [0.4, 0.5) is 4.39 Å². The highest BCUT2D eigenvalue weighted by molar-refractivity contribution is 5.89. The van der Waals surface area contributed by atoms with Gasteiger partial charge in [0.15, 0.2) is 0 Å². The number of rotatable bonds is 4. The molecule has 1 aliphatic rings. The molecular formula is C23H23F. The van der Waals surface area contributed by atoms with E-state index in [0.717, 1.165) is 17.0 Å². The summed E-state index contributed by atoms with van der Waals surface area (Å²) in [5.74, 6) is 0.740. The molecule has 1 aliphatic carbocycles. The third kappa shape index (κ3) is 3.21. The smallest absolute Gasteiger partial charge is 0.123 e. The number of aryl methyl sites for hydroxylation is 1. The minimum atomic E-state index is -0.182. The van der Waals surface area contributed by atoms with Crippen LogP contribution < -0.4 is 0 Å². The maximum atomic E-state index is 13.5. The molecule has 3 aromatic carbocycles. The average molecular weight is 318 g/mol. The summed E-state index contributed by atoms with van der Waals surface area (Å²) in [5.41, 5.74) is 3.47. The molecule has 0 unspecified atom stereocenters. The van der Waals surface area contributed by atoms with Crippen LogP contribution in [0, 0.1) is 11.7 Å². The van der Waals surface area contributed by atoms with Crippen molar-refractivity contribution >= 4 is 10.8 Å². The van der Waals surface area contributed by atoms with Gasteiger partial charge in [0.1, 0.15) is 5.82 Å². The van der Waals surface area contributed by atoms with Crippen molar-refractivity contribution in [2.24, 2.45) is 5.92 Å². The molecule has 3 aromatic rings. The van der Waals surface area contributed by atoms with Crippen molar-refractivity contribution in [3.63, 3.8) is 0 Å². The third-order valence-electron chi connectivity index (χ3n) is 5.43. The quantitative estimate of drug-likeness (QED) is 0.498. The number of hydrogen-bond donors (Lipinski definition) is 0. The normalized spacial score (nSPS) is 15.2. The second-order valence-corrected chi connectivity index (χ2v) is 7.05. The van der Waals surface area contributed by atoms with E-state index < -0.39 is 0 Å². The van der Waals surface area contributed by atoms with E-state index in [-0.39, 0.29) is 5.82 Å². The Balaban J connectivity index is 1.63. The Labute approximate surface area is 143 Å². The molecule has 0 heterocycles. The molecule has 122 valence electrons. The van der Waals surface area contributed by atoms with Gasteiger partial charge in [0.25, 0.3) is 0 Å². The summed E-state index contributed by atoms with van der Waals surface area (Å²) < 4.78 is 13.5. The summed E-state index contributed by atoms with van der Waals surface area (Å²) in [7, 11) is 0. The van der Waals surface area contributed by atoms with Crippen molar-refractivity contribution in [2.75, 3.05) is 0 Å². The van der Waals surface area contributed by atoms with Crippen molar-refractivity contribution < 1.29 is 4.39 Å². The fourth-order valence-electron chi connectivity index (χ4n) is 4.08. The zero-order valence-electron chi connectivity index (χ0n) is 14.0. The van der Waals surface area contributed by atoms with Gasteiger partial charge in [-0.3, -0.25) is 0 Å². The molecule has 1 heteroatoms. The molecule has 0 spiro atoms. The first kappa shape index (κ1) is 15.4. The van der Waals surface area contributed by atoms with E-state index in [1.54, 1.807) is 12.1 Å². The Morgan fingerprint density at radius 2 is 1.62 bits per heavy atom. The SMILES string of the molecule is Fc1cccc(-c2ccc3c(CCC4CCCC4)cccc3c2)c1. The Kier molecular flexibility index (Phi) is 4.34. The maximum Gasteiger partial charge on any atom is 0.123 e. The van der Waals surface area contributed by atoms with Crippen LogP contribution in [0.1, 0.15) is 37.7 Å². The fourth-order valence-corrected chi connectivity index (χ4v) is 4.08. The van der Waals surface area contributed by atoms with Crippen molar-refractivity contribution in [3.05, 3.63) is 72.0 Å². The minimum absolute atomic E-state index is 0.182. The summed E-state index contributed by atoms with van der Waals surface area (Å²) in [5, 5.41) is 2.59. The molecule has 0 bridgehead atoms. The van der Waals surface area contributed by atoms with Gasteiger partial charge in [-0.2, -0.15) is 0 Å². The predicted molar refractivity (Wildman–Crippen MR) is 99.6 cm³/mol. The highest BCUT2D eigenvalue weighted by Crippen LogP contribution is 2.31. The first-order valence-electron chi connectivity index (χ1n) is 9.07. The molecule has 24 heavy (non-hydrogen) atoms. The molecule has 0 radical (unpaired) electrons. The summed E-state index contributed by atoms with van der Waals surface area (Å²) >= 11 is 0. The molecule has 0 N–H and O–H groups in total. The van der Waals surface area contributed by atoms with Crippen LogP contribution in [0.2, 0.25) is 0 Å². The van der Waals surface area contributed by atoms with Gasteiger partial charge in [0.2, 0.25) is 0 Å². The van der Waals surface area contributed by atoms with E-state index in [2.05, 4.69) is 36.4 Å². The van der Waals surface area contributed by atoms with E-state index >= 15 is 0 Å². The second kappa shape index (κ2) is 6.76. The van der Waals surface area contributed by atoms with E-state index in [9.17, 15) is 4.39 Å². The van der Waals surface area contributed by atoms with Crippen LogP contribution in [0.25, 0.3) is 21.9 Å². The van der Waals surface area contributed by atoms with Crippen LogP contribution in [0.15, 0.2) is 60.7 Å². The number of fused-ring (bicyclic) bond motifs is 1. The summed E-state index contributed by atoms with van der Waals surface area (Å²) in [6.45, 7) is 0. The van der Waals surface area contributed by atoms with Gasteiger partial charge in [-0.1, -0.05) is 68.1 Å². The van der Waals surface area contributed by atoms with E-state index in [1.807, 2.05) is 6.07 Å². The predicted octanol–water partition coefficient (Wildman–Crippen LogP) is 6.77. The van der Waals surface area contributed by atoms with E-state index in [1.165, 1.54) is 60.9 Å². The number of hydrogen-bond acceptors (Lipinski definition) is 0. The molecular weight excluding hydrogens is 295 g/mol.